The van der Waals surface area contributed by atoms with Gasteiger partial charge in [0.1, 0.15) is 4.34 Å². The molecular weight excluding hydrogens is 344 g/mol. The van der Waals surface area contributed by atoms with Crippen LogP contribution >= 0.6 is 34.7 Å². The first-order valence-corrected chi connectivity index (χ1v) is 9.55. The van der Waals surface area contributed by atoms with Gasteiger partial charge in [-0.05, 0) is 18.4 Å². The van der Waals surface area contributed by atoms with Gasteiger partial charge in [0.25, 0.3) is 0 Å². The molecule has 0 atom stereocenters. The predicted molar refractivity (Wildman–Crippen MR) is 101 cm³/mol. The van der Waals surface area contributed by atoms with E-state index in [0.29, 0.717) is 0 Å². The fourth-order valence-electron chi connectivity index (χ4n) is 2.64. The molecule has 0 aliphatic carbocycles. The lowest BCUT2D eigenvalue weighted by molar-refractivity contribution is 1.23. The van der Waals surface area contributed by atoms with E-state index in [1.54, 1.807) is 11.8 Å². The maximum absolute atomic E-state index is 6.18. The number of fused-ring (bicyclic) bond motifs is 1. The van der Waals surface area contributed by atoms with Crippen molar-refractivity contribution < 1.29 is 0 Å². The number of thioether (sulfide) groups is 1. The van der Waals surface area contributed by atoms with Gasteiger partial charge in [-0.15, -0.1) is 11.8 Å². The zero-order valence-corrected chi connectivity index (χ0v) is 14.8. The van der Waals surface area contributed by atoms with E-state index in [1.165, 1.54) is 16.2 Å². The molecule has 2 aromatic heterocycles. The minimum atomic E-state index is 0.745. The van der Waals surface area contributed by atoms with Crippen molar-refractivity contribution in [2.24, 2.45) is 0 Å². The van der Waals surface area contributed by atoms with Gasteiger partial charge in [0, 0.05) is 22.2 Å². The summed E-state index contributed by atoms with van der Waals surface area (Å²) in [5.41, 5.74) is 4.33. The summed E-state index contributed by atoms with van der Waals surface area (Å²) in [4.78, 5) is 6.98. The minimum absolute atomic E-state index is 0.745. The Morgan fingerprint density at radius 3 is 2.43 bits per heavy atom. The maximum atomic E-state index is 6.18. The van der Waals surface area contributed by atoms with Crippen molar-refractivity contribution in [3.05, 3.63) is 65.1 Å². The quantitative estimate of drug-likeness (QED) is 0.412. The molecule has 0 aliphatic heterocycles. The predicted octanol–water partition coefficient (Wildman–Crippen LogP) is 6.11. The van der Waals surface area contributed by atoms with Crippen LogP contribution in [0.3, 0.4) is 0 Å². The van der Waals surface area contributed by atoms with Crippen LogP contribution in [0.1, 0.15) is 0 Å². The zero-order chi connectivity index (χ0) is 15.8. The van der Waals surface area contributed by atoms with Crippen LogP contribution in [0.15, 0.2) is 65.7 Å². The molecule has 0 saturated heterocycles. The summed E-state index contributed by atoms with van der Waals surface area (Å²) in [7, 11) is 0. The third-order valence-corrected chi connectivity index (χ3v) is 5.55. The van der Waals surface area contributed by atoms with E-state index in [0.717, 1.165) is 31.8 Å². The fraction of sp³-hybridized carbons (Fsp3) is 0.0556. The molecule has 0 N–H and O–H groups in total. The smallest absolute Gasteiger partial charge is 0.196 e. The maximum Gasteiger partial charge on any atom is 0.196 e. The van der Waals surface area contributed by atoms with Crippen molar-refractivity contribution in [3.8, 4) is 22.5 Å². The lowest BCUT2D eigenvalue weighted by Gasteiger charge is -2.06. The first-order valence-electron chi connectivity index (χ1n) is 7.13. The summed E-state index contributed by atoms with van der Waals surface area (Å²) in [6.07, 6.45) is 4.03. The number of halogens is 1. The van der Waals surface area contributed by atoms with E-state index in [2.05, 4.69) is 47.1 Å². The Hall–Kier alpha value is -1.75. The van der Waals surface area contributed by atoms with Gasteiger partial charge in [0.15, 0.2) is 4.96 Å². The Bertz CT molecular complexity index is 956. The van der Waals surface area contributed by atoms with Gasteiger partial charge in [-0.2, -0.15) is 0 Å². The molecule has 4 aromatic rings. The van der Waals surface area contributed by atoms with Crippen LogP contribution in [0.4, 0.5) is 0 Å². The molecule has 5 heteroatoms. The van der Waals surface area contributed by atoms with Crippen LogP contribution in [-0.4, -0.2) is 15.6 Å². The largest absolute Gasteiger partial charge is 0.288 e. The summed E-state index contributed by atoms with van der Waals surface area (Å²) in [6, 6.07) is 18.9. The van der Waals surface area contributed by atoms with Crippen LogP contribution in [0.5, 0.6) is 0 Å². The Balaban J connectivity index is 1.97. The van der Waals surface area contributed by atoms with Crippen LogP contribution in [-0.2, 0) is 0 Å². The van der Waals surface area contributed by atoms with Crippen LogP contribution in [0, 0.1) is 0 Å². The highest BCUT2D eigenvalue weighted by Gasteiger charge is 2.17. The van der Waals surface area contributed by atoms with Gasteiger partial charge >= 0.3 is 0 Å². The van der Waals surface area contributed by atoms with Gasteiger partial charge in [0.05, 0.1) is 11.4 Å². The zero-order valence-electron chi connectivity index (χ0n) is 12.4. The second kappa shape index (κ2) is 6.04. The summed E-state index contributed by atoms with van der Waals surface area (Å²) < 4.78 is 2.83. The topological polar surface area (TPSA) is 17.3 Å². The molecule has 2 nitrogen and oxygen atoms in total. The van der Waals surface area contributed by atoms with Crippen molar-refractivity contribution in [3.63, 3.8) is 0 Å². The van der Waals surface area contributed by atoms with Crippen molar-refractivity contribution in [2.45, 2.75) is 4.90 Å². The average molecular weight is 357 g/mol. The van der Waals surface area contributed by atoms with E-state index >= 15 is 0 Å². The highest BCUT2D eigenvalue weighted by Crippen LogP contribution is 2.36. The van der Waals surface area contributed by atoms with Crippen molar-refractivity contribution in [2.75, 3.05) is 6.26 Å². The summed E-state index contributed by atoms with van der Waals surface area (Å²) in [5.74, 6) is 0. The molecule has 0 saturated carbocycles. The Morgan fingerprint density at radius 1 is 1.00 bits per heavy atom. The monoisotopic (exact) mass is 356 g/mol. The Morgan fingerprint density at radius 2 is 1.74 bits per heavy atom. The molecule has 0 amide bonds. The molecule has 23 heavy (non-hydrogen) atoms. The Kier molecular flexibility index (Phi) is 3.89. The van der Waals surface area contributed by atoms with Gasteiger partial charge in [-0.25, -0.2) is 4.98 Å². The molecule has 2 aromatic carbocycles. The van der Waals surface area contributed by atoms with E-state index in [-0.39, 0.29) is 0 Å². The van der Waals surface area contributed by atoms with Crippen LogP contribution in [0.2, 0.25) is 4.34 Å². The first-order chi connectivity index (χ1) is 11.3. The molecule has 0 aliphatic rings. The second-order valence-corrected chi connectivity index (χ2v) is 7.61. The molecule has 0 unspecified atom stereocenters. The lowest BCUT2D eigenvalue weighted by atomic mass is 10.1. The highest BCUT2D eigenvalue weighted by atomic mass is 35.5. The molecule has 2 heterocycles. The third-order valence-electron chi connectivity index (χ3n) is 3.71. The molecule has 4 rings (SSSR count). The van der Waals surface area contributed by atoms with Crippen molar-refractivity contribution in [1.29, 1.82) is 0 Å². The first kappa shape index (κ1) is 14.8. The molecular formula is C18H13ClN2S2. The molecule has 0 radical (unpaired) electrons. The van der Waals surface area contributed by atoms with Gasteiger partial charge in [0.2, 0.25) is 0 Å². The van der Waals surface area contributed by atoms with Gasteiger partial charge in [-0.3, -0.25) is 4.40 Å². The minimum Gasteiger partial charge on any atom is -0.288 e. The molecule has 114 valence electrons. The fourth-order valence-corrected chi connectivity index (χ4v) is 4.07. The SMILES string of the molecule is CSc1ccc(-c2c(-c3ccccc3)nc3sc(Cl)cn23)cc1. The highest BCUT2D eigenvalue weighted by molar-refractivity contribution is 7.98. The number of aromatic nitrogens is 2. The van der Waals surface area contributed by atoms with Crippen molar-refractivity contribution >= 4 is 39.7 Å². The van der Waals surface area contributed by atoms with Crippen LogP contribution < -0.4 is 0 Å². The molecule has 0 spiro atoms. The van der Waals surface area contributed by atoms with Crippen LogP contribution in [0.25, 0.3) is 27.5 Å². The lowest BCUT2D eigenvalue weighted by Crippen LogP contribution is -1.87. The van der Waals surface area contributed by atoms with Gasteiger partial charge in [-0.1, -0.05) is 65.4 Å². The number of benzene rings is 2. The number of hydrogen-bond donors (Lipinski definition) is 0. The molecule has 0 fully saturated rings. The van der Waals surface area contributed by atoms with Crippen molar-refractivity contribution in [1.82, 2.24) is 9.38 Å². The third kappa shape index (κ3) is 2.67. The van der Waals surface area contributed by atoms with E-state index in [9.17, 15) is 0 Å². The standard InChI is InChI=1S/C18H13ClN2S2/c1-22-14-9-7-13(8-10-14)17-16(12-5-3-2-4-6-12)20-18-21(17)11-15(19)23-18/h2-11H,1H3. The van der Waals surface area contributed by atoms with Gasteiger partial charge < -0.3 is 0 Å². The molecule has 0 bridgehead atoms. The van der Waals surface area contributed by atoms with E-state index in [4.69, 9.17) is 16.6 Å². The second-order valence-electron chi connectivity index (χ2n) is 5.09. The normalized spacial score (nSPS) is 11.2. The number of hydrogen-bond acceptors (Lipinski definition) is 3. The van der Waals surface area contributed by atoms with E-state index in [1.807, 2.05) is 24.4 Å². The number of thiazole rings is 1. The van der Waals surface area contributed by atoms with E-state index < -0.39 is 0 Å². The number of imidazole rings is 1. The Labute approximate surface area is 147 Å². The summed E-state index contributed by atoms with van der Waals surface area (Å²) in [6.45, 7) is 0. The number of nitrogens with zero attached hydrogens (tertiary/aromatic N) is 2. The summed E-state index contributed by atoms with van der Waals surface area (Å²) >= 11 is 9.42. The number of rotatable bonds is 3. The summed E-state index contributed by atoms with van der Waals surface area (Å²) in [5, 5.41) is 0. The average Bonchev–Trinajstić information content (AvgIpc) is 3.11.